The van der Waals surface area contributed by atoms with E-state index in [0.717, 1.165) is 35.3 Å². The molecule has 1 saturated carbocycles. The molecule has 1 heterocycles. The summed E-state index contributed by atoms with van der Waals surface area (Å²) in [6, 6.07) is 0.214. The smallest absolute Gasteiger partial charge is 0.0847 e. The van der Waals surface area contributed by atoms with Crippen molar-refractivity contribution in [1.29, 1.82) is 0 Å². The van der Waals surface area contributed by atoms with Crippen molar-refractivity contribution in [2.75, 3.05) is 0 Å². The van der Waals surface area contributed by atoms with E-state index in [9.17, 15) is 0 Å². The molecule has 1 aromatic rings. The molecule has 0 saturated heterocycles. The highest BCUT2D eigenvalue weighted by Crippen LogP contribution is 2.34. The fraction of sp³-hybridized carbons (Fsp3) is 0.824. The van der Waals surface area contributed by atoms with Crippen molar-refractivity contribution in [2.45, 2.75) is 78.3 Å². The van der Waals surface area contributed by atoms with Gasteiger partial charge in [-0.05, 0) is 38.5 Å². The third-order valence-corrected chi connectivity index (χ3v) is 5.57. The first-order valence-corrected chi connectivity index (χ1v) is 8.91. The Labute approximate surface area is 134 Å². The molecule has 1 atom stereocenters. The van der Waals surface area contributed by atoms with Crippen molar-refractivity contribution >= 4 is 11.6 Å². The lowest BCUT2D eigenvalue weighted by Gasteiger charge is -2.32. The Bertz CT molecular complexity index is 447. The van der Waals surface area contributed by atoms with Crippen molar-refractivity contribution in [2.24, 2.45) is 17.6 Å². The molecule has 2 N–H and O–H groups in total. The van der Waals surface area contributed by atoms with E-state index in [-0.39, 0.29) is 6.04 Å². The third-order valence-electron chi connectivity index (χ3n) is 5.08. The second-order valence-electron chi connectivity index (χ2n) is 6.60. The number of nitrogens with two attached hydrogens (primary N) is 1. The molecule has 0 radical (unpaired) electrons. The summed E-state index contributed by atoms with van der Waals surface area (Å²) in [6.45, 7) is 7.22. The number of aromatic nitrogens is 2. The van der Waals surface area contributed by atoms with Crippen molar-refractivity contribution in [3.05, 3.63) is 16.4 Å². The van der Waals surface area contributed by atoms with Gasteiger partial charge in [0.05, 0.1) is 16.4 Å². The minimum Gasteiger partial charge on any atom is -0.327 e. The number of aryl methyl sites for hydroxylation is 2. The average molecular weight is 312 g/mol. The maximum absolute atomic E-state index is 6.50. The van der Waals surface area contributed by atoms with Crippen LogP contribution in [0.3, 0.4) is 0 Å². The number of hydrogen-bond acceptors (Lipinski definition) is 2. The molecule has 0 amide bonds. The largest absolute Gasteiger partial charge is 0.327 e. The number of halogens is 1. The summed E-state index contributed by atoms with van der Waals surface area (Å²) >= 11 is 6.40. The van der Waals surface area contributed by atoms with Crippen LogP contribution in [0.15, 0.2) is 0 Å². The van der Waals surface area contributed by atoms with E-state index < -0.39 is 0 Å². The molecule has 1 fully saturated rings. The molecule has 1 unspecified atom stereocenters. The van der Waals surface area contributed by atoms with Crippen LogP contribution >= 0.6 is 11.6 Å². The summed E-state index contributed by atoms with van der Waals surface area (Å²) in [5.41, 5.74) is 8.55. The van der Waals surface area contributed by atoms with Gasteiger partial charge in [-0.25, -0.2) is 0 Å². The maximum Gasteiger partial charge on any atom is 0.0847 e. The van der Waals surface area contributed by atoms with Gasteiger partial charge in [0.2, 0.25) is 0 Å². The first-order valence-electron chi connectivity index (χ1n) is 8.54. The minimum atomic E-state index is 0.214. The summed E-state index contributed by atoms with van der Waals surface area (Å²) in [5.74, 6) is 1.58. The maximum atomic E-state index is 6.50. The lowest BCUT2D eigenvalue weighted by atomic mass is 9.76. The third kappa shape index (κ3) is 4.01. The Kier molecular flexibility index (Phi) is 6.12. The summed E-state index contributed by atoms with van der Waals surface area (Å²) in [4.78, 5) is 0. The second-order valence-corrected chi connectivity index (χ2v) is 6.98. The molecule has 1 aromatic heterocycles. The highest BCUT2D eigenvalue weighted by molar-refractivity contribution is 6.31. The van der Waals surface area contributed by atoms with Gasteiger partial charge in [-0.3, -0.25) is 4.68 Å². The molecule has 4 heteroatoms. The van der Waals surface area contributed by atoms with E-state index in [1.165, 1.54) is 38.5 Å². The Hall–Kier alpha value is -0.540. The molecule has 21 heavy (non-hydrogen) atoms. The Morgan fingerprint density at radius 3 is 2.52 bits per heavy atom. The predicted molar refractivity (Wildman–Crippen MR) is 89.7 cm³/mol. The summed E-state index contributed by atoms with van der Waals surface area (Å²) in [5, 5.41) is 5.30. The van der Waals surface area contributed by atoms with Gasteiger partial charge in [-0.1, -0.05) is 44.2 Å². The van der Waals surface area contributed by atoms with Crippen LogP contribution in [0.1, 0.15) is 63.8 Å². The van der Waals surface area contributed by atoms with Gasteiger partial charge in [0.15, 0.2) is 0 Å². The molecule has 1 aliphatic rings. The van der Waals surface area contributed by atoms with Crippen LogP contribution in [0.4, 0.5) is 0 Å². The summed E-state index contributed by atoms with van der Waals surface area (Å²) < 4.78 is 2.01. The number of nitrogens with zero attached hydrogens (tertiary/aromatic N) is 2. The van der Waals surface area contributed by atoms with E-state index >= 15 is 0 Å². The van der Waals surface area contributed by atoms with Crippen LogP contribution in [-0.4, -0.2) is 15.8 Å². The normalized spacial score (nSPS) is 24.2. The molecule has 3 nitrogen and oxygen atoms in total. The van der Waals surface area contributed by atoms with E-state index in [1.54, 1.807) is 0 Å². The van der Waals surface area contributed by atoms with Gasteiger partial charge in [0.25, 0.3) is 0 Å². The molecule has 1 aliphatic carbocycles. The molecule has 120 valence electrons. The fourth-order valence-electron chi connectivity index (χ4n) is 3.77. The molecule has 0 aromatic carbocycles. The molecule has 0 aliphatic heterocycles. The van der Waals surface area contributed by atoms with Gasteiger partial charge in [0, 0.05) is 19.0 Å². The van der Waals surface area contributed by atoms with Crippen molar-refractivity contribution < 1.29 is 0 Å². The van der Waals surface area contributed by atoms with Crippen LogP contribution in [0.25, 0.3) is 0 Å². The first-order chi connectivity index (χ1) is 10.1. The minimum absolute atomic E-state index is 0.214. The zero-order valence-electron chi connectivity index (χ0n) is 13.7. The summed E-state index contributed by atoms with van der Waals surface area (Å²) in [6.07, 6.45) is 8.82. The number of rotatable bonds is 6. The SMILES string of the molecule is CCCC1CCC(C(N)Cc2c(Cl)c(C)nn2CC)CC1. The van der Waals surface area contributed by atoms with Crippen molar-refractivity contribution in [1.82, 2.24) is 9.78 Å². The highest BCUT2D eigenvalue weighted by atomic mass is 35.5. The summed E-state index contributed by atoms with van der Waals surface area (Å²) in [7, 11) is 0. The van der Waals surface area contributed by atoms with Crippen LogP contribution in [0.2, 0.25) is 5.02 Å². The molecular weight excluding hydrogens is 282 g/mol. The molecule has 0 spiro atoms. The second kappa shape index (κ2) is 7.64. The Morgan fingerprint density at radius 1 is 1.29 bits per heavy atom. The zero-order valence-corrected chi connectivity index (χ0v) is 14.5. The lowest BCUT2D eigenvalue weighted by molar-refractivity contribution is 0.231. The van der Waals surface area contributed by atoms with Gasteiger partial charge in [-0.2, -0.15) is 5.10 Å². The van der Waals surface area contributed by atoms with Crippen LogP contribution < -0.4 is 5.73 Å². The monoisotopic (exact) mass is 311 g/mol. The topological polar surface area (TPSA) is 43.8 Å². The van der Waals surface area contributed by atoms with Crippen LogP contribution in [0, 0.1) is 18.8 Å². The van der Waals surface area contributed by atoms with E-state index in [2.05, 4.69) is 18.9 Å². The van der Waals surface area contributed by atoms with E-state index in [1.807, 2.05) is 11.6 Å². The van der Waals surface area contributed by atoms with Gasteiger partial charge >= 0.3 is 0 Å². The lowest BCUT2D eigenvalue weighted by Crippen LogP contribution is -2.35. The zero-order chi connectivity index (χ0) is 15.4. The van der Waals surface area contributed by atoms with E-state index in [0.29, 0.717) is 5.92 Å². The fourth-order valence-corrected chi connectivity index (χ4v) is 3.98. The van der Waals surface area contributed by atoms with E-state index in [4.69, 9.17) is 17.3 Å². The standard InChI is InChI=1S/C17H30ClN3/c1-4-6-13-7-9-14(10-8-13)15(19)11-16-17(18)12(3)20-21(16)5-2/h13-15H,4-11,19H2,1-3H3. The average Bonchev–Trinajstić information content (AvgIpc) is 2.76. The van der Waals surface area contributed by atoms with Crippen LogP contribution in [0.5, 0.6) is 0 Å². The first kappa shape index (κ1) is 16.8. The van der Waals surface area contributed by atoms with Gasteiger partial charge in [0.1, 0.15) is 0 Å². The predicted octanol–water partition coefficient (Wildman–Crippen LogP) is 4.34. The van der Waals surface area contributed by atoms with Crippen molar-refractivity contribution in [3.8, 4) is 0 Å². The van der Waals surface area contributed by atoms with Gasteiger partial charge in [-0.15, -0.1) is 0 Å². The highest BCUT2D eigenvalue weighted by Gasteiger charge is 2.27. The van der Waals surface area contributed by atoms with Gasteiger partial charge < -0.3 is 5.73 Å². The van der Waals surface area contributed by atoms with Crippen molar-refractivity contribution in [3.63, 3.8) is 0 Å². The Morgan fingerprint density at radius 2 is 1.95 bits per heavy atom. The molecular formula is C17H30ClN3. The number of hydrogen-bond donors (Lipinski definition) is 1. The quantitative estimate of drug-likeness (QED) is 0.849. The van der Waals surface area contributed by atoms with Crippen LogP contribution in [-0.2, 0) is 13.0 Å². The Balaban J connectivity index is 1.95. The molecule has 0 bridgehead atoms. The molecule has 2 rings (SSSR count).